The summed E-state index contributed by atoms with van der Waals surface area (Å²) >= 11 is 0. The van der Waals surface area contributed by atoms with Crippen molar-refractivity contribution >= 4 is 5.91 Å². The summed E-state index contributed by atoms with van der Waals surface area (Å²) in [5.41, 5.74) is -0.559. The van der Waals surface area contributed by atoms with E-state index in [0.29, 0.717) is 12.8 Å². The number of pyridine rings is 1. The molecule has 0 bridgehead atoms. The predicted molar refractivity (Wildman–Crippen MR) is 56.0 cm³/mol. The van der Waals surface area contributed by atoms with Crippen molar-refractivity contribution in [2.75, 3.05) is 0 Å². The largest absolute Gasteiger partial charge is 0.416 e. The van der Waals surface area contributed by atoms with E-state index in [2.05, 4.69) is 10.3 Å². The first-order valence-electron chi connectivity index (χ1n) is 5.22. The zero-order chi connectivity index (χ0) is 12.9. The van der Waals surface area contributed by atoms with Gasteiger partial charge in [-0.05, 0) is 18.6 Å². The van der Waals surface area contributed by atoms with Crippen LogP contribution in [0.3, 0.4) is 0 Å². The van der Waals surface area contributed by atoms with Gasteiger partial charge in [-0.15, -0.1) is 0 Å². The Morgan fingerprint density at radius 3 is 2.76 bits per heavy atom. The molecule has 0 radical (unpaired) electrons. The number of aromatic nitrogens is 1. The number of halogens is 3. The lowest BCUT2D eigenvalue weighted by molar-refractivity contribution is -0.137. The molecule has 6 heteroatoms. The average Bonchev–Trinajstić information content (AvgIpc) is 2.26. The highest BCUT2D eigenvalue weighted by atomic mass is 19.4. The van der Waals surface area contributed by atoms with Crippen LogP contribution in [0.2, 0.25) is 0 Å². The number of nitrogens with one attached hydrogen (secondary N) is 1. The Balaban J connectivity index is 2.64. The van der Waals surface area contributed by atoms with Crippen molar-refractivity contribution in [3.63, 3.8) is 0 Å². The highest BCUT2D eigenvalue weighted by Crippen LogP contribution is 2.28. The molecule has 0 aliphatic carbocycles. The number of amides is 1. The summed E-state index contributed by atoms with van der Waals surface area (Å²) in [5.74, 6) is -0.188. The van der Waals surface area contributed by atoms with Gasteiger partial charge in [0.05, 0.1) is 17.8 Å². The van der Waals surface area contributed by atoms with Gasteiger partial charge in [0.2, 0.25) is 5.91 Å². The number of carbonyl (C=O) groups is 1. The standard InChI is InChI=1S/C11H13F3N2O/c1-2-3-10(17)16-7-9-6-8(4-5-15-9)11(12,13)14/h4-6H,2-3,7H2,1H3,(H,16,17). The van der Waals surface area contributed by atoms with Crippen LogP contribution < -0.4 is 5.32 Å². The summed E-state index contributed by atoms with van der Waals surface area (Å²) in [5, 5.41) is 2.51. The zero-order valence-electron chi connectivity index (χ0n) is 9.34. The first kappa shape index (κ1) is 13.5. The molecule has 0 aliphatic rings. The van der Waals surface area contributed by atoms with Crippen LogP contribution in [0.1, 0.15) is 31.0 Å². The molecule has 0 atom stereocenters. The number of rotatable bonds is 4. The first-order valence-corrected chi connectivity index (χ1v) is 5.22. The molecule has 94 valence electrons. The second kappa shape index (κ2) is 5.65. The van der Waals surface area contributed by atoms with E-state index in [1.54, 1.807) is 0 Å². The van der Waals surface area contributed by atoms with Crippen LogP contribution in [-0.2, 0) is 17.5 Å². The molecule has 0 fully saturated rings. The van der Waals surface area contributed by atoms with Gasteiger partial charge in [0.1, 0.15) is 0 Å². The van der Waals surface area contributed by atoms with Gasteiger partial charge in [-0.25, -0.2) is 0 Å². The van der Waals surface area contributed by atoms with Crippen molar-refractivity contribution in [1.29, 1.82) is 0 Å². The third-order valence-corrected chi connectivity index (χ3v) is 2.09. The maximum atomic E-state index is 12.4. The molecule has 1 heterocycles. The van der Waals surface area contributed by atoms with E-state index in [0.717, 1.165) is 18.3 Å². The number of nitrogens with zero attached hydrogens (tertiary/aromatic N) is 1. The predicted octanol–water partition coefficient (Wildman–Crippen LogP) is 2.52. The molecule has 1 aromatic rings. The number of hydrogen-bond acceptors (Lipinski definition) is 2. The van der Waals surface area contributed by atoms with Gasteiger partial charge >= 0.3 is 6.18 Å². The minimum atomic E-state index is -4.38. The van der Waals surface area contributed by atoms with Crippen LogP contribution >= 0.6 is 0 Å². The van der Waals surface area contributed by atoms with Crippen LogP contribution in [0, 0.1) is 0 Å². The topological polar surface area (TPSA) is 42.0 Å². The van der Waals surface area contributed by atoms with Crippen LogP contribution in [0.15, 0.2) is 18.3 Å². The molecule has 0 spiro atoms. The van der Waals surface area contributed by atoms with Gasteiger partial charge in [0.25, 0.3) is 0 Å². The van der Waals surface area contributed by atoms with E-state index in [1.807, 2.05) is 6.92 Å². The molecule has 0 unspecified atom stereocenters. The fraction of sp³-hybridized carbons (Fsp3) is 0.455. The van der Waals surface area contributed by atoms with E-state index in [1.165, 1.54) is 0 Å². The van der Waals surface area contributed by atoms with Gasteiger partial charge in [-0.1, -0.05) is 6.92 Å². The van der Waals surface area contributed by atoms with Gasteiger partial charge in [0.15, 0.2) is 0 Å². The fourth-order valence-corrected chi connectivity index (χ4v) is 1.26. The minimum Gasteiger partial charge on any atom is -0.350 e. The molecule has 3 nitrogen and oxygen atoms in total. The summed E-state index contributed by atoms with van der Waals surface area (Å²) in [6, 6.07) is 1.84. The summed E-state index contributed by atoms with van der Waals surface area (Å²) in [6.45, 7) is 1.87. The zero-order valence-corrected chi connectivity index (χ0v) is 9.34. The Morgan fingerprint density at radius 1 is 1.47 bits per heavy atom. The minimum absolute atomic E-state index is 0.0166. The van der Waals surface area contributed by atoms with Gasteiger partial charge in [-0.3, -0.25) is 9.78 Å². The summed E-state index contributed by atoms with van der Waals surface area (Å²) in [7, 11) is 0. The molecule has 0 saturated heterocycles. The molecule has 0 saturated carbocycles. The smallest absolute Gasteiger partial charge is 0.350 e. The van der Waals surface area contributed by atoms with Crippen molar-refractivity contribution in [3.8, 4) is 0 Å². The third-order valence-electron chi connectivity index (χ3n) is 2.09. The number of alkyl halides is 3. The summed E-state index contributed by atoms with van der Waals surface area (Å²) in [4.78, 5) is 14.9. The normalized spacial score (nSPS) is 11.3. The lowest BCUT2D eigenvalue weighted by Crippen LogP contribution is -2.23. The Labute approximate surface area is 97.0 Å². The summed E-state index contributed by atoms with van der Waals surface area (Å²) < 4.78 is 37.1. The maximum absolute atomic E-state index is 12.4. The molecular formula is C11H13F3N2O. The van der Waals surface area contributed by atoms with Crippen molar-refractivity contribution < 1.29 is 18.0 Å². The van der Waals surface area contributed by atoms with Crippen molar-refractivity contribution in [2.24, 2.45) is 0 Å². The van der Waals surface area contributed by atoms with Crippen LogP contribution in [-0.4, -0.2) is 10.9 Å². The average molecular weight is 246 g/mol. The molecule has 1 N–H and O–H groups in total. The van der Waals surface area contributed by atoms with E-state index in [9.17, 15) is 18.0 Å². The van der Waals surface area contributed by atoms with Gasteiger partial charge in [-0.2, -0.15) is 13.2 Å². The quantitative estimate of drug-likeness (QED) is 0.886. The lowest BCUT2D eigenvalue weighted by Gasteiger charge is -2.08. The second-order valence-electron chi connectivity index (χ2n) is 3.56. The van der Waals surface area contributed by atoms with Crippen molar-refractivity contribution in [2.45, 2.75) is 32.5 Å². The lowest BCUT2D eigenvalue weighted by atomic mass is 10.2. The van der Waals surface area contributed by atoms with Crippen molar-refractivity contribution in [1.82, 2.24) is 10.3 Å². The van der Waals surface area contributed by atoms with Crippen LogP contribution in [0.5, 0.6) is 0 Å². The first-order chi connectivity index (χ1) is 7.93. The van der Waals surface area contributed by atoms with E-state index in [4.69, 9.17) is 0 Å². The molecule has 17 heavy (non-hydrogen) atoms. The molecule has 1 rings (SSSR count). The monoisotopic (exact) mass is 246 g/mol. The van der Waals surface area contributed by atoms with E-state index >= 15 is 0 Å². The summed E-state index contributed by atoms with van der Waals surface area (Å²) in [6.07, 6.45) is -2.24. The Morgan fingerprint density at radius 2 is 2.18 bits per heavy atom. The molecule has 1 amide bonds. The van der Waals surface area contributed by atoms with Crippen molar-refractivity contribution in [3.05, 3.63) is 29.6 Å². The molecular weight excluding hydrogens is 233 g/mol. The van der Waals surface area contributed by atoms with E-state index < -0.39 is 11.7 Å². The SMILES string of the molecule is CCCC(=O)NCc1cc(C(F)(F)F)ccn1. The molecule has 1 aromatic heterocycles. The highest BCUT2D eigenvalue weighted by molar-refractivity contribution is 5.75. The Bertz CT molecular complexity index is 391. The van der Waals surface area contributed by atoms with Gasteiger partial charge < -0.3 is 5.32 Å². The Kier molecular flexibility index (Phi) is 4.48. The number of hydrogen-bond donors (Lipinski definition) is 1. The Hall–Kier alpha value is -1.59. The molecule has 0 aliphatic heterocycles. The highest BCUT2D eigenvalue weighted by Gasteiger charge is 2.30. The second-order valence-corrected chi connectivity index (χ2v) is 3.56. The maximum Gasteiger partial charge on any atom is 0.416 e. The van der Waals surface area contributed by atoms with Crippen LogP contribution in [0.25, 0.3) is 0 Å². The molecule has 0 aromatic carbocycles. The van der Waals surface area contributed by atoms with Gasteiger partial charge in [0, 0.05) is 12.6 Å². The fourth-order valence-electron chi connectivity index (χ4n) is 1.26. The number of carbonyl (C=O) groups excluding carboxylic acids is 1. The van der Waals surface area contributed by atoms with E-state index in [-0.39, 0.29) is 18.1 Å². The van der Waals surface area contributed by atoms with Crippen LogP contribution in [0.4, 0.5) is 13.2 Å². The third kappa shape index (κ3) is 4.42.